The molecule has 2 aromatic heterocycles. The SMILES string of the molecule is CC[n+]1ccc(C=Cc2c(F)c(F)c(C=Cc3cc[n+](CC)cc3)c(F)c2F)cc1. The van der Waals surface area contributed by atoms with Gasteiger partial charge in [0.15, 0.2) is 48.1 Å². The van der Waals surface area contributed by atoms with Gasteiger partial charge in [0.2, 0.25) is 0 Å². The van der Waals surface area contributed by atoms with Crippen molar-refractivity contribution in [3.63, 3.8) is 0 Å². The topological polar surface area (TPSA) is 7.76 Å². The predicted octanol–water partition coefficient (Wildman–Crippen LogP) is 5.20. The van der Waals surface area contributed by atoms with Crippen LogP contribution in [0, 0.1) is 23.3 Å². The highest BCUT2D eigenvalue weighted by atomic mass is 19.2. The van der Waals surface area contributed by atoms with Gasteiger partial charge >= 0.3 is 0 Å². The quantitative estimate of drug-likeness (QED) is 0.298. The first-order chi connectivity index (χ1) is 14.4. The number of hydrogen-bond donors (Lipinski definition) is 0. The lowest BCUT2D eigenvalue weighted by Crippen LogP contribution is -2.30. The molecule has 30 heavy (non-hydrogen) atoms. The number of aromatic nitrogens is 2. The zero-order chi connectivity index (χ0) is 21.7. The Morgan fingerprint density at radius 1 is 0.567 bits per heavy atom. The second-order valence-electron chi connectivity index (χ2n) is 6.67. The molecule has 1 aromatic carbocycles. The van der Waals surface area contributed by atoms with Crippen molar-refractivity contribution in [3.8, 4) is 0 Å². The Hall–Kier alpha value is -3.28. The van der Waals surface area contributed by atoms with Crippen LogP contribution in [0.5, 0.6) is 0 Å². The first-order valence-corrected chi connectivity index (χ1v) is 9.64. The van der Waals surface area contributed by atoms with Gasteiger partial charge < -0.3 is 0 Å². The third-order valence-electron chi connectivity index (χ3n) is 4.78. The summed E-state index contributed by atoms with van der Waals surface area (Å²) in [5.74, 6) is -5.72. The number of pyridine rings is 2. The van der Waals surface area contributed by atoms with Crippen LogP contribution >= 0.6 is 0 Å². The summed E-state index contributed by atoms with van der Waals surface area (Å²) < 4.78 is 61.7. The van der Waals surface area contributed by atoms with E-state index in [9.17, 15) is 17.6 Å². The average molecular weight is 414 g/mol. The zero-order valence-corrected chi connectivity index (χ0v) is 16.7. The van der Waals surface area contributed by atoms with Gasteiger partial charge in [-0.1, -0.05) is 12.2 Å². The van der Waals surface area contributed by atoms with E-state index in [1.807, 2.05) is 23.0 Å². The molecule has 0 spiro atoms. The molecule has 0 saturated heterocycles. The molecule has 0 N–H and O–H groups in total. The number of nitrogens with zero attached hydrogens (tertiary/aromatic N) is 2. The van der Waals surface area contributed by atoms with Gasteiger partial charge in [-0.15, -0.1) is 0 Å². The highest BCUT2D eigenvalue weighted by Gasteiger charge is 2.22. The van der Waals surface area contributed by atoms with Crippen LogP contribution in [0.15, 0.2) is 49.1 Å². The first kappa shape index (κ1) is 21.4. The molecule has 0 saturated carbocycles. The molecule has 2 heterocycles. The Balaban J connectivity index is 1.92. The van der Waals surface area contributed by atoms with Crippen molar-refractivity contribution in [1.29, 1.82) is 0 Å². The summed E-state index contributed by atoms with van der Waals surface area (Å²) in [5, 5.41) is 0. The number of benzene rings is 1. The molecule has 0 aliphatic heterocycles. The van der Waals surface area contributed by atoms with E-state index in [1.165, 1.54) is 12.2 Å². The second kappa shape index (κ2) is 9.48. The Bertz CT molecular complexity index is 968. The summed E-state index contributed by atoms with van der Waals surface area (Å²) in [6.07, 6.45) is 12.1. The van der Waals surface area contributed by atoms with Gasteiger partial charge in [0.25, 0.3) is 0 Å². The standard InChI is InChI=1S/C24H22F4N2/c1-3-29-13-9-17(10-14-29)5-7-19-21(25)23(27)20(24(28)22(19)26)8-6-18-11-15-30(4-2)16-12-18/h5-16H,3-4H2,1-2H3/q+2. The molecule has 0 aliphatic carbocycles. The van der Waals surface area contributed by atoms with Crippen molar-refractivity contribution in [2.24, 2.45) is 0 Å². The number of rotatable bonds is 6. The normalized spacial score (nSPS) is 11.7. The van der Waals surface area contributed by atoms with Crippen molar-refractivity contribution in [3.05, 3.63) is 94.6 Å². The van der Waals surface area contributed by atoms with Crippen LogP contribution < -0.4 is 9.13 Å². The van der Waals surface area contributed by atoms with Gasteiger partial charge in [0.05, 0.1) is 11.1 Å². The van der Waals surface area contributed by atoms with Crippen LogP contribution in [0.2, 0.25) is 0 Å². The van der Waals surface area contributed by atoms with E-state index in [4.69, 9.17) is 0 Å². The zero-order valence-electron chi connectivity index (χ0n) is 16.7. The van der Waals surface area contributed by atoms with E-state index in [-0.39, 0.29) is 0 Å². The van der Waals surface area contributed by atoms with E-state index in [0.717, 1.165) is 25.2 Å². The Morgan fingerprint density at radius 2 is 0.867 bits per heavy atom. The lowest BCUT2D eigenvalue weighted by molar-refractivity contribution is -0.693. The van der Waals surface area contributed by atoms with Crippen molar-refractivity contribution < 1.29 is 26.7 Å². The maximum Gasteiger partial charge on any atom is 0.169 e. The molecule has 2 nitrogen and oxygen atoms in total. The number of hydrogen-bond acceptors (Lipinski definition) is 0. The molecule has 154 valence electrons. The molecule has 0 unspecified atom stereocenters. The maximum atomic E-state index is 14.5. The highest BCUT2D eigenvalue weighted by molar-refractivity contribution is 5.74. The van der Waals surface area contributed by atoms with E-state index in [1.54, 1.807) is 49.1 Å². The van der Waals surface area contributed by atoms with Crippen LogP contribution in [0.25, 0.3) is 24.3 Å². The molecule has 0 radical (unpaired) electrons. The second-order valence-corrected chi connectivity index (χ2v) is 6.67. The van der Waals surface area contributed by atoms with Gasteiger partial charge in [0, 0.05) is 24.3 Å². The van der Waals surface area contributed by atoms with E-state index in [2.05, 4.69) is 0 Å². The number of aryl methyl sites for hydroxylation is 2. The molecule has 0 atom stereocenters. The van der Waals surface area contributed by atoms with Gasteiger partial charge in [0.1, 0.15) is 13.1 Å². The monoisotopic (exact) mass is 414 g/mol. The smallest absolute Gasteiger partial charge is 0.169 e. The maximum absolute atomic E-state index is 14.5. The van der Waals surface area contributed by atoms with Gasteiger partial charge in [-0.05, 0) is 37.1 Å². The van der Waals surface area contributed by atoms with Crippen LogP contribution in [0.4, 0.5) is 17.6 Å². The third kappa shape index (κ3) is 4.64. The summed E-state index contributed by atoms with van der Waals surface area (Å²) >= 11 is 0. The predicted molar refractivity (Wildman–Crippen MR) is 109 cm³/mol. The Morgan fingerprint density at radius 3 is 1.13 bits per heavy atom. The highest BCUT2D eigenvalue weighted by Crippen LogP contribution is 2.27. The van der Waals surface area contributed by atoms with Crippen molar-refractivity contribution in [2.75, 3.05) is 0 Å². The fourth-order valence-corrected chi connectivity index (χ4v) is 2.90. The minimum atomic E-state index is -1.43. The van der Waals surface area contributed by atoms with Crippen molar-refractivity contribution in [2.45, 2.75) is 26.9 Å². The average Bonchev–Trinajstić information content (AvgIpc) is 2.78. The molecule has 0 amide bonds. The Kier molecular flexibility index (Phi) is 6.77. The Labute approximate surface area is 173 Å². The van der Waals surface area contributed by atoms with E-state index in [0.29, 0.717) is 11.1 Å². The fraction of sp³-hybridized carbons (Fsp3) is 0.167. The van der Waals surface area contributed by atoms with Crippen LogP contribution in [0.1, 0.15) is 36.1 Å². The van der Waals surface area contributed by atoms with E-state index >= 15 is 0 Å². The molecular formula is C24H22F4N2+2. The lowest BCUT2D eigenvalue weighted by atomic mass is 10.0. The van der Waals surface area contributed by atoms with Crippen molar-refractivity contribution >= 4 is 24.3 Å². The van der Waals surface area contributed by atoms with Gasteiger partial charge in [-0.3, -0.25) is 0 Å². The van der Waals surface area contributed by atoms with Crippen LogP contribution in [0.3, 0.4) is 0 Å². The largest absolute Gasteiger partial charge is 0.205 e. The third-order valence-corrected chi connectivity index (χ3v) is 4.78. The molecule has 0 aliphatic rings. The van der Waals surface area contributed by atoms with Crippen LogP contribution in [-0.4, -0.2) is 0 Å². The minimum Gasteiger partial charge on any atom is -0.205 e. The summed E-state index contributed by atoms with van der Waals surface area (Å²) in [6, 6.07) is 6.95. The van der Waals surface area contributed by atoms with Gasteiger partial charge in [-0.2, -0.15) is 0 Å². The molecule has 0 bridgehead atoms. The van der Waals surface area contributed by atoms with Gasteiger partial charge in [-0.25, -0.2) is 26.7 Å². The van der Waals surface area contributed by atoms with E-state index < -0.39 is 34.4 Å². The summed E-state index contributed by atoms with van der Waals surface area (Å²) in [4.78, 5) is 0. The first-order valence-electron chi connectivity index (χ1n) is 9.64. The van der Waals surface area contributed by atoms with Crippen molar-refractivity contribution in [1.82, 2.24) is 0 Å². The molecule has 3 rings (SSSR count). The number of halogens is 4. The fourth-order valence-electron chi connectivity index (χ4n) is 2.90. The molecule has 6 heteroatoms. The lowest BCUT2D eigenvalue weighted by Gasteiger charge is -2.07. The minimum absolute atomic E-state index is 0.650. The molecular weight excluding hydrogens is 392 g/mol. The summed E-state index contributed by atoms with van der Waals surface area (Å²) in [5.41, 5.74) is -0.204. The van der Waals surface area contributed by atoms with Crippen LogP contribution in [-0.2, 0) is 13.1 Å². The summed E-state index contributed by atoms with van der Waals surface area (Å²) in [7, 11) is 0. The summed E-state index contributed by atoms with van der Waals surface area (Å²) in [6.45, 7) is 5.50. The molecule has 0 fully saturated rings. The molecule has 3 aromatic rings.